The van der Waals surface area contributed by atoms with E-state index < -0.39 is 0 Å². The summed E-state index contributed by atoms with van der Waals surface area (Å²) < 4.78 is 0. The topological polar surface area (TPSA) is 57.8 Å². The van der Waals surface area contributed by atoms with Crippen LogP contribution in [0, 0.1) is 0 Å². The van der Waals surface area contributed by atoms with Crippen LogP contribution in [0.25, 0.3) is 11.0 Å². The first-order valence-corrected chi connectivity index (χ1v) is 9.93. The van der Waals surface area contributed by atoms with Crippen LogP contribution in [-0.4, -0.2) is 27.9 Å². The van der Waals surface area contributed by atoms with Crippen molar-refractivity contribution in [3.63, 3.8) is 0 Å². The van der Waals surface area contributed by atoms with Crippen molar-refractivity contribution in [2.45, 2.75) is 12.5 Å². The third-order valence-corrected chi connectivity index (χ3v) is 5.02. The number of amides is 1. The molecule has 25 heavy (non-hydrogen) atoms. The molecule has 1 aromatic heterocycles. The highest BCUT2D eigenvalue weighted by Gasteiger charge is 2.20. The van der Waals surface area contributed by atoms with Gasteiger partial charge in [0.1, 0.15) is 5.82 Å². The number of imidazole rings is 1. The number of aromatic amines is 1. The molecule has 4 nitrogen and oxygen atoms in total. The van der Waals surface area contributed by atoms with Crippen LogP contribution in [-0.2, 0) is 0 Å². The predicted octanol–water partition coefficient (Wildman–Crippen LogP) is 5.09. The minimum atomic E-state index is -0.242. The van der Waals surface area contributed by atoms with Crippen molar-refractivity contribution in [3.05, 3.63) is 63.9 Å². The van der Waals surface area contributed by atoms with Crippen LogP contribution in [0.1, 0.15) is 28.6 Å². The summed E-state index contributed by atoms with van der Waals surface area (Å²) in [5, 5.41) is 3.86. The minimum Gasteiger partial charge on any atom is -0.342 e. The number of nitrogens with one attached hydrogen (secondary N) is 2. The minimum absolute atomic E-state index is 0.223. The number of rotatable bonds is 6. The van der Waals surface area contributed by atoms with Gasteiger partial charge in [0.2, 0.25) is 0 Å². The Hall–Kier alpha value is -1.69. The zero-order chi connectivity index (χ0) is 17.8. The Bertz CT molecular complexity index is 864. The fourth-order valence-electron chi connectivity index (χ4n) is 2.56. The van der Waals surface area contributed by atoms with Gasteiger partial charge in [0.15, 0.2) is 0 Å². The van der Waals surface area contributed by atoms with Crippen molar-refractivity contribution in [2.24, 2.45) is 0 Å². The number of thioether (sulfide) groups is 1. The van der Waals surface area contributed by atoms with Crippen LogP contribution in [0.4, 0.5) is 0 Å². The van der Waals surface area contributed by atoms with E-state index in [0.29, 0.717) is 15.6 Å². The number of hydrogen-bond donors (Lipinski definition) is 2. The van der Waals surface area contributed by atoms with E-state index in [-0.39, 0.29) is 11.9 Å². The van der Waals surface area contributed by atoms with Gasteiger partial charge in [-0.15, -0.1) is 0 Å². The molecule has 0 fully saturated rings. The fraction of sp³-hybridized carbons (Fsp3) is 0.222. The summed E-state index contributed by atoms with van der Waals surface area (Å²) in [6.45, 7) is 0. The average molecular weight is 394 g/mol. The molecule has 1 unspecified atom stereocenters. The van der Waals surface area contributed by atoms with E-state index in [0.717, 1.165) is 29.0 Å². The van der Waals surface area contributed by atoms with Crippen LogP contribution in [0.3, 0.4) is 0 Å². The number of para-hydroxylation sites is 2. The standard InChI is InChI=1S/C18H17Cl2N3OS/c1-25-9-8-16(17-21-14-4-2-3-5-15(14)22-17)23-18(24)12-7-6-11(19)10-13(12)20/h2-7,10,16H,8-9H2,1H3,(H,21,22)(H,23,24). The summed E-state index contributed by atoms with van der Waals surface area (Å²) in [5.74, 6) is 1.40. The number of halogens is 2. The van der Waals surface area contributed by atoms with Gasteiger partial charge in [0.05, 0.1) is 27.7 Å². The summed E-state index contributed by atoms with van der Waals surface area (Å²) in [7, 11) is 0. The molecule has 1 amide bonds. The quantitative estimate of drug-likeness (QED) is 0.612. The molecule has 0 saturated heterocycles. The number of carbonyl (C=O) groups is 1. The lowest BCUT2D eigenvalue weighted by atomic mass is 10.1. The SMILES string of the molecule is CSCCC(NC(=O)c1ccc(Cl)cc1Cl)c1nc2ccccc2[nH]1. The second-order valence-corrected chi connectivity index (χ2v) is 7.40. The highest BCUT2D eigenvalue weighted by atomic mass is 35.5. The van der Waals surface area contributed by atoms with Crippen molar-refractivity contribution in [2.75, 3.05) is 12.0 Å². The number of fused-ring (bicyclic) bond motifs is 1. The van der Waals surface area contributed by atoms with Gasteiger partial charge < -0.3 is 10.3 Å². The number of aromatic nitrogens is 2. The lowest BCUT2D eigenvalue weighted by molar-refractivity contribution is 0.0934. The summed E-state index contributed by atoms with van der Waals surface area (Å²) in [6, 6.07) is 12.4. The van der Waals surface area contributed by atoms with Crippen molar-refractivity contribution in [1.82, 2.24) is 15.3 Å². The molecule has 2 N–H and O–H groups in total. The van der Waals surface area contributed by atoms with E-state index in [1.807, 2.05) is 30.5 Å². The van der Waals surface area contributed by atoms with Crippen LogP contribution in [0.5, 0.6) is 0 Å². The molecule has 0 spiro atoms. The van der Waals surface area contributed by atoms with Gasteiger partial charge in [-0.25, -0.2) is 4.98 Å². The Kier molecular flexibility index (Phi) is 5.89. The van der Waals surface area contributed by atoms with Gasteiger partial charge >= 0.3 is 0 Å². The molecule has 0 aliphatic heterocycles. The second-order valence-electron chi connectivity index (χ2n) is 5.57. The fourth-order valence-corrected chi connectivity index (χ4v) is 3.53. The Morgan fingerprint density at radius 2 is 2.08 bits per heavy atom. The molecule has 0 radical (unpaired) electrons. The zero-order valence-electron chi connectivity index (χ0n) is 13.6. The first-order valence-electron chi connectivity index (χ1n) is 7.78. The first-order chi connectivity index (χ1) is 12.1. The number of nitrogens with zero attached hydrogens (tertiary/aromatic N) is 1. The Morgan fingerprint density at radius 3 is 2.80 bits per heavy atom. The predicted molar refractivity (Wildman–Crippen MR) is 106 cm³/mol. The highest BCUT2D eigenvalue weighted by molar-refractivity contribution is 7.98. The van der Waals surface area contributed by atoms with Crippen molar-refractivity contribution in [1.29, 1.82) is 0 Å². The van der Waals surface area contributed by atoms with E-state index in [2.05, 4.69) is 15.3 Å². The number of hydrogen-bond acceptors (Lipinski definition) is 3. The maximum Gasteiger partial charge on any atom is 0.253 e. The molecular weight excluding hydrogens is 377 g/mol. The number of H-pyrrole nitrogens is 1. The van der Waals surface area contributed by atoms with E-state index in [1.54, 1.807) is 30.0 Å². The highest BCUT2D eigenvalue weighted by Crippen LogP contribution is 2.24. The largest absolute Gasteiger partial charge is 0.342 e. The van der Waals surface area contributed by atoms with Gasteiger partial charge in [-0.3, -0.25) is 4.79 Å². The lowest BCUT2D eigenvalue weighted by Gasteiger charge is -2.17. The lowest BCUT2D eigenvalue weighted by Crippen LogP contribution is -2.30. The van der Waals surface area contributed by atoms with E-state index in [4.69, 9.17) is 23.2 Å². The Labute approximate surface area is 160 Å². The van der Waals surface area contributed by atoms with Gasteiger partial charge in [0.25, 0.3) is 5.91 Å². The van der Waals surface area contributed by atoms with Gasteiger partial charge in [-0.1, -0.05) is 35.3 Å². The third-order valence-electron chi connectivity index (χ3n) is 3.83. The van der Waals surface area contributed by atoms with Crippen LogP contribution >= 0.6 is 35.0 Å². The van der Waals surface area contributed by atoms with Crippen molar-refractivity contribution < 1.29 is 4.79 Å². The number of benzene rings is 2. The molecule has 1 atom stereocenters. The first kappa shape index (κ1) is 18.1. The van der Waals surface area contributed by atoms with E-state index in [9.17, 15) is 4.79 Å². The molecule has 7 heteroatoms. The van der Waals surface area contributed by atoms with E-state index in [1.165, 1.54) is 0 Å². The zero-order valence-corrected chi connectivity index (χ0v) is 15.9. The summed E-state index contributed by atoms with van der Waals surface area (Å²) in [6.07, 6.45) is 2.80. The van der Waals surface area contributed by atoms with Gasteiger partial charge in [0, 0.05) is 5.02 Å². The summed E-state index contributed by atoms with van der Waals surface area (Å²) in [4.78, 5) is 20.6. The van der Waals surface area contributed by atoms with Crippen LogP contribution in [0.2, 0.25) is 10.0 Å². The average Bonchev–Trinajstić information content (AvgIpc) is 3.02. The van der Waals surface area contributed by atoms with Crippen molar-refractivity contribution >= 4 is 51.9 Å². The molecule has 3 rings (SSSR count). The molecular formula is C18H17Cl2N3OS. The van der Waals surface area contributed by atoms with Crippen LogP contribution in [0.15, 0.2) is 42.5 Å². The molecule has 130 valence electrons. The number of carbonyl (C=O) groups excluding carboxylic acids is 1. The smallest absolute Gasteiger partial charge is 0.253 e. The maximum atomic E-state index is 12.7. The molecule has 1 heterocycles. The summed E-state index contributed by atoms with van der Waals surface area (Å²) in [5.41, 5.74) is 2.23. The Morgan fingerprint density at radius 1 is 1.28 bits per heavy atom. The third kappa shape index (κ3) is 4.29. The second kappa shape index (κ2) is 8.13. The molecule has 0 aliphatic carbocycles. The Balaban J connectivity index is 1.86. The summed E-state index contributed by atoms with van der Waals surface area (Å²) >= 11 is 13.8. The maximum absolute atomic E-state index is 12.7. The van der Waals surface area contributed by atoms with Crippen LogP contribution < -0.4 is 5.32 Å². The van der Waals surface area contributed by atoms with Gasteiger partial charge in [-0.2, -0.15) is 11.8 Å². The van der Waals surface area contributed by atoms with E-state index >= 15 is 0 Å². The molecule has 0 bridgehead atoms. The van der Waals surface area contributed by atoms with Crippen molar-refractivity contribution in [3.8, 4) is 0 Å². The molecule has 3 aromatic rings. The van der Waals surface area contributed by atoms with Gasteiger partial charge in [-0.05, 0) is 48.8 Å². The monoisotopic (exact) mass is 393 g/mol. The normalized spacial score (nSPS) is 12.3. The molecule has 2 aromatic carbocycles. The molecule has 0 saturated carbocycles. The molecule has 0 aliphatic rings.